The zero-order valence-electron chi connectivity index (χ0n) is 16.9. The average Bonchev–Trinajstić information content (AvgIpc) is 2.74. The van der Waals surface area contributed by atoms with E-state index in [1.807, 2.05) is 29.2 Å². The largest absolute Gasteiger partial charge is 0.506 e. The number of aromatic hydroxyl groups is 1. The van der Waals surface area contributed by atoms with Crippen molar-refractivity contribution in [3.05, 3.63) is 54.1 Å². The Labute approximate surface area is 171 Å². The molecule has 0 bridgehead atoms. The quantitative estimate of drug-likeness (QED) is 0.690. The van der Waals surface area contributed by atoms with Crippen molar-refractivity contribution in [3.8, 4) is 11.5 Å². The summed E-state index contributed by atoms with van der Waals surface area (Å²) in [6, 6.07) is 13.8. The molecule has 6 nitrogen and oxygen atoms in total. The fourth-order valence-corrected chi connectivity index (χ4v) is 3.92. The Morgan fingerprint density at radius 2 is 1.93 bits per heavy atom. The molecule has 1 aliphatic rings. The lowest BCUT2D eigenvalue weighted by atomic mass is 9.83. The van der Waals surface area contributed by atoms with E-state index in [4.69, 9.17) is 4.74 Å². The molecule has 2 aromatic carbocycles. The van der Waals surface area contributed by atoms with Crippen molar-refractivity contribution in [1.82, 2.24) is 4.90 Å². The number of rotatable bonds is 7. The number of hydrogen-bond acceptors (Lipinski definition) is 4. The molecular weight excluding hydrogens is 368 g/mol. The minimum absolute atomic E-state index is 0.0180. The lowest BCUT2D eigenvalue weighted by Crippen LogP contribution is -2.47. The number of nitrogens with zero attached hydrogens (tertiary/aromatic N) is 1. The number of carbonyl (C=O) groups is 2. The third-order valence-electron chi connectivity index (χ3n) is 5.42. The predicted molar refractivity (Wildman–Crippen MR) is 112 cm³/mol. The lowest BCUT2D eigenvalue weighted by molar-refractivity contribution is -0.142. The zero-order chi connectivity index (χ0) is 20.8. The molecule has 1 saturated heterocycles. The number of methoxy groups -OCH3 is 1. The first-order valence-corrected chi connectivity index (χ1v) is 10.1. The Kier molecular flexibility index (Phi) is 6.75. The maximum absolute atomic E-state index is 13.2. The van der Waals surface area contributed by atoms with Crippen LogP contribution in [0.2, 0.25) is 0 Å². The lowest BCUT2D eigenvalue weighted by Gasteiger charge is -2.41. The standard InChI is InChI=1S/C23H28N2O4/c1-3-4-15-25-21(27)14-13-17(22(25)16-9-5-8-12-20(16)29-2)23(28)24-18-10-6-7-11-19(18)26/h5-12,17,22,26H,3-4,13-15H2,1-2H3,(H,24,28)/t17-,22+/m0/s1. The molecule has 2 atom stereocenters. The fourth-order valence-electron chi connectivity index (χ4n) is 3.92. The number of unbranched alkanes of at least 4 members (excludes halogenated alkanes) is 1. The second kappa shape index (κ2) is 9.45. The van der Waals surface area contributed by atoms with Gasteiger partial charge in [-0.1, -0.05) is 43.7 Å². The number of para-hydroxylation sites is 3. The van der Waals surface area contributed by atoms with Crippen LogP contribution in [0.15, 0.2) is 48.5 Å². The van der Waals surface area contributed by atoms with Crippen LogP contribution in [0.4, 0.5) is 5.69 Å². The molecule has 0 saturated carbocycles. The molecule has 0 aromatic heterocycles. The van der Waals surface area contributed by atoms with Gasteiger partial charge in [0.1, 0.15) is 11.5 Å². The number of ether oxygens (including phenoxy) is 1. The SMILES string of the molecule is CCCCN1C(=O)CC[C@H](C(=O)Nc2ccccc2O)[C@H]1c1ccccc1OC. The van der Waals surface area contributed by atoms with Crippen molar-refractivity contribution in [3.63, 3.8) is 0 Å². The molecule has 0 spiro atoms. The molecule has 0 aliphatic carbocycles. The first-order chi connectivity index (χ1) is 14.1. The van der Waals surface area contributed by atoms with Gasteiger partial charge in [-0.15, -0.1) is 0 Å². The normalized spacial score (nSPS) is 19.1. The molecule has 0 radical (unpaired) electrons. The molecule has 2 amide bonds. The van der Waals surface area contributed by atoms with Gasteiger partial charge in [0, 0.05) is 18.5 Å². The summed E-state index contributed by atoms with van der Waals surface area (Å²) in [5.41, 5.74) is 1.20. The summed E-state index contributed by atoms with van der Waals surface area (Å²) < 4.78 is 5.54. The molecule has 154 valence electrons. The van der Waals surface area contributed by atoms with Crippen molar-refractivity contribution >= 4 is 17.5 Å². The Hall–Kier alpha value is -3.02. The molecule has 29 heavy (non-hydrogen) atoms. The summed E-state index contributed by atoms with van der Waals surface area (Å²) in [6.07, 6.45) is 2.60. The van der Waals surface area contributed by atoms with Crippen LogP contribution in [0.1, 0.15) is 44.2 Å². The highest BCUT2D eigenvalue weighted by Crippen LogP contribution is 2.41. The van der Waals surface area contributed by atoms with Crippen LogP contribution in [-0.4, -0.2) is 35.5 Å². The van der Waals surface area contributed by atoms with E-state index in [0.717, 1.165) is 18.4 Å². The highest BCUT2D eigenvalue weighted by atomic mass is 16.5. The van der Waals surface area contributed by atoms with E-state index in [-0.39, 0.29) is 17.6 Å². The van der Waals surface area contributed by atoms with E-state index in [1.54, 1.807) is 25.3 Å². The average molecular weight is 396 g/mol. The van der Waals surface area contributed by atoms with Crippen LogP contribution in [0.25, 0.3) is 0 Å². The summed E-state index contributed by atoms with van der Waals surface area (Å²) in [7, 11) is 1.59. The maximum atomic E-state index is 13.2. The van der Waals surface area contributed by atoms with Crippen LogP contribution < -0.4 is 10.1 Å². The van der Waals surface area contributed by atoms with E-state index in [1.165, 1.54) is 6.07 Å². The van der Waals surface area contributed by atoms with Gasteiger partial charge in [-0.2, -0.15) is 0 Å². The molecule has 1 heterocycles. The van der Waals surface area contributed by atoms with Crippen LogP contribution >= 0.6 is 0 Å². The minimum Gasteiger partial charge on any atom is -0.506 e. The Bertz CT molecular complexity index is 867. The Morgan fingerprint density at radius 1 is 1.21 bits per heavy atom. The van der Waals surface area contributed by atoms with Gasteiger partial charge < -0.3 is 20.1 Å². The Morgan fingerprint density at radius 3 is 2.66 bits per heavy atom. The highest BCUT2D eigenvalue weighted by Gasteiger charge is 2.41. The van der Waals surface area contributed by atoms with E-state index < -0.39 is 12.0 Å². The van der Waals surface area contributed by atoms with Gasteiger partial charge in [0.05, 0.1) is 24.8 Å². The van der Waals surface area contributed by atoms with Crippen LogP contribution in [0.5, 0.6) is 11.5 Å². The number of phenols is 1. The minimum atomic E-state index is -0.444. The second-order valence-electron chi connectivity index (χ2n) is 7.28. The molecule has 2 N–H and O–H groups in total. The van der Waals surface area contributed by atoms with Gasteiger partial charge in [0.15, 0.2) is 0 Å². The Balaban J connectivity index is 1.97. The first-order valence-electron chi connectivity index (χ1n) is 10.1. The zero-order valence-corrected chi connectivity index (χ0v) is 16.9. The molecule has 0 unspecified atom stereocenters. The third-order valence-corrected chi connectivity index (χ3v) is 5.42. The summed E-state index contributed by atoms with van der Waals surface area (Å²) in [5.74, 6) is 0.0799. The maximum Gasteiger partial charge on any atom is 0.230 e. The van der Waals surface area contributed by atoms with Crippen LogP contribution in [0, 0.1) is 5.92 Å². The summed E-state index contributed by atoms with van der Waals surface area (Å²) >= 11 is 0. The van der Waals surface area contributed by atoms with Crippen molar-refractivity contribution in [2.24, 2.45) is 5.92 Å². The topological polar surface area (TPSA) is 78.9 Å². The van der Waals surface area contributed by atoms with E-state index in [2.05, 4.69) is 12.2 Å². The van der Waals surface area contributed by atoms with Gasteiger partial charge >= 0.3 is 0 Å². The molecule has 6 heteroatoms. The predicted octanol–water partition coefficient (Wildman–Crippen LogP) is 4.12. The summed E-state index contributed by atoms with van der Waals surface area (Å²) in [5, 5.41) is 12.9. The van der Waals surface area contributed by atoms with Gasteiger partial charge in [0.2, 0.25) is 11.8 Å². The van der Waals surface area contributed by atoms with E-state index in [0.29, 0.717) is 30.8 Å². The van der Waals surface area contributed by atoms with Crippen molar-refractivity contribution in [2.45, 2.75) is 38.6 Å². The molecule has 1 aliphatic heterocycles. The van der Waals surface area contributed by atoms with Crippen LogP contribution in [0.3, 0.4) is 0 Å². The van der Waals surface area contributed by atoms with Gasteiger partial charge in [-0.25, -0.2) is 0 Å². The third kappa shape index (κ3) is 4.53. The van der Waals surface area contributed by atoms with Gasteiger partial charge in [-0.05, 0) is 31.0 Å². The number of benzene rings is 2. The van der Waals surface area contributed by atoms with Gasteiger partial charge in [0.25, 0.3) is 0 Å². The van der Waals surface area contributed by atoms with Gasteiger partial charge in [-0.3, -0.25) is 9.59 Å². The molecule has 3 rings (SSSR count). The monoisotopic (exact) mass is 396 g/mol. The first kappa shape index (κ1) is 20.7. The highest BCUT2D eigenvalue weighted by molar-refractivity contribution is 5.96. The number of carbonyl (C=O) groups excluding carboxylic acids is 2. The number of nitrogens with one attached hydrogen (secondary N) is 1. The number of piperidine rings is 1. The van der Waals surface area contributed by atoms with Crippen LogP contribution in [-0.2, 0) is 9.59 Å². The smallest absolute Gasteiger partial charge is 0.230 e. The summed E-state index contributed by atoms with van der Waals surface area (Å²) in [6.45, 7) is 2.67. The number of phenolic OH excluding ortho intramolecular Hbond substituents is 1. The molecular formula is C23H28N2O4. The van der Waals surface area contributed by atoms with E-state index in [9.17, 15) is 14.7 Å². The number of amides is 2. The molecule has 1 fully saturated rings. The number of likely N-dealkylation sites (tertiary alicyclic amines) is 1. The number of anilines is 1. The molecule has 2 aromatic rings. The summed E-state index contributed by atoms with van der Waals surface area (Å²) in [4.78, 5) is 27.8. The van der Waals surface area contributed by atoms with Crippen molar-refractivity contribution in [1.29, 1.82) is 0 Å². The van der Waals surface area contributed by atoms with E-state index >= 15 is 0 Å². The fraction of sp³-hybridized carbons (Fsp3) is 0.391. The van der Waals surface area contributed by atoms with Crippen molar-refractivity contribution in [2.75, 3.05) is 19.0 Å². The van der Waals surface area contributed by atoms with Crippen molar-refractivity contribution < 1.29 is 19.4 Å². The second-order valence-corrected chi connectivity index (χ2v) is 7.28. The number of hydrogen-bond donors (Lipinski definition) is 2.